The van der Waals surface area contributed by atoms with Crippen molar-refractivity contribution in [1.82, 2.24) is 14.9 Å². The Balaban J connectivity index is 1.58. The summed E-state index contributed by atoms with van der Waals surface area (Å²) in [5.41, 5.74) is -0.0107. The third kappa shape index (κ3) is 5.90. The molecule has 0 aliphatic heterocycles. The van der Waals surface area contributed by atoms with E-state index in [0.717, 1.165) is 6.07 Å². The number of hydrogen-bond donors (Lipinski definition) is 1. The smallest absolute Gasteiger partial charge is 0.416 e. The van der Waals surface area contributed by atoms with Crippen LogP contribution in [0.1, 0.15) is 5.56 Å². The fraction of sp³-hybridized carbons (Fsp3) is 0.158. The summed E-state index contributed by atoms with van der Waals surface area (Å²) in [6.07, 6.45) is -4.71. The number of nitrogens with zero attached hydrogens (tertiary/aromatic N) is 2. The van der Waals surface area contributed by atoms with E-state index in [-0.39, 0.29) is 29.9 Å². The van der Waals surface area contributed by atoms with Crippen LogP contribution in [0, 0.1) is 5.82 Å². The molecular weight excluding hydrogens is 462 g/mol. The van der Waals surface area contributed by atoms with Crippen LogP contribution in [0.15, 0.2) is 59.5 Å². The molecule has 0 aliphatic rings. The average Bonchev–Trinajstić information content (AvgIpc) is 2.72. The molecule has 0 fully saturated rings. The van der Waals surface area contributed by atoms with Crippen molar-refractivity contribution in [2.45, 2.75) is 11.1 Å². The second-order valence-corrected chi connectivity index (χ2v) is 8.30. The van der Waals surface area contributed by atoms with Gasteiger partial charge in [-0.05, 0) is 48.5 Å². The molecule has 1 N–H and O–H groups in total. The van der Waals surface area contributed by atoms with Gasteiger partial charge >= 0.3 is 6.18 Å². The second-order valence-electron chi connectivity index (χ2n) is 6.15. The average molecular weight is 476 g/mol. The number of rotatable bonds is 7. The van der Waals surface area contributed by atoms with Crippen molar-refractivity contribution in [1.29, 1.82) is 0 Å². The topological polar surface area (TPSA) is 81.2 Å². The third-order valence-corrected chi connectivity index (χ3v) is 5.91. The van der Waals surface area contributed by atoms with Gasteiger partial charge in [0.25, 0.3) is 0 Å². The number of hydrogen-bond acceptors (Lipinski definition) is 5. The van der Waals surface area contributed by atoms with Gasteiger partial charge in [0.15, 0.2) is 0 Å². The Kier molecular flexibility index (Phi) is 6.77. The lowest BCUT2D eigenvalue weighted by Crippen LogP contribution is -2.29. The molecule has 3 aromatic rings. The number of ether oxygens (including phenoxy) is 1. The Bertz CT molecular complexity index is 1160. The van der Waals surface area contributed by atoms with E-state index >= 15 is 0 Å². The molecule has 6 nitrogen and oxygen atoms in total. The largest absolute Gasteiger partial charge is 0.475 e. The second kappa shape index (κ2) is 9.16. The van der Waals surface area contributed by atoms with Gasteiger partial charge in [0.2, 0.25) is 15.9 Å². The van der Waals surface area contributed by atoms with Crippen LogP contribution < -0.4 is 9.46 Å². The molecule has 0 saturated carbocycles. The fourth-order valence-corrected chi connectivity index (χ4v) is 4.00. The summed E-state index contributed by atoms with van der Waals surface area (Å²) in [7, 11) is -4.30. The molecule has 1 heterocycles. The van der Waals surface area contributed by atoms with Crippen LogP contribution in [0.2, 0.25) is 5.02 Å². The molecule has 0 unspecified atom stereocenters. The lowest BCUT2D eigenvalue weighted by atomic mass is 10.1. The van der Waals surface area contributed by atoms with Gasteiger partial charge in [-0.1, -0.05) is 11.6 Å². The van der Waals surface area contributed by atoms with Gasteiger partial charge in [-0.3, -0.25) is 0 Å². The molecule has 0 bridgehead atoms. The maximum atomic E-state index is 13.0. The molecule has 1 aromatic heterocycles. The summed E-state index contributed by atoms with van der Waals surface area (Å²) in [5.74, 6) is -0.285. The predicted octanol–water partition coefficient (Wildman–Crippen LogP) is 4.31. The molecule has 31 heavy (non-hydrogen) atoms. The molecular formula is C19H14ClF4N3O3S. The minimum atomic E-state index is -4.71. The van der Waals surface area contributed by atoms with Crippen LogP contribution >= 0.6 is 11.6 Å². The van der Waals surface area contributed by atoms with Crippen molar-refractivity contribution in [3.05, 3.63) is 71.0 Å². The van der Waals surface area contributed by atoms with E-state index in [1.165, 1.54) is 30.3 Å². The number of aromatic nitrogens is 2. The van der Waals surface area contributed by atoms with Crippen molar-refractivity contribution < 1.29 is 30.7 Å². The van der Waals surface area contributed by atoms with Gasteiger partial charge in [0.05, 0.1) is 16.3 Å². The monoisotopic (exact) mass is 475 g/mol. The van der Waals surface area contributed by atoms with Gasteiger partial charge in [0.1, 0.15) is 17.3 Å². The zero-order valence-corrected chi connectivity index (χ0v) is 17.1. The minimum absolute atomic E-state index is 0.0992. The van der Waals surface area contributed by atoms with Crippen LogP contribution in [0.3, 0.4) is 0 Å². The van der Waals surface area contributed by atoms with Crippen LogP contribution in [-0.4, -0.2) is 31.8 Å². The van der Waals surface area contributed by atoms with E-state index in [9.17, 15) is 26.0 Å². The number of nitrogens with one attached hydrogen (secondary N) is 1. The van der Waals surface area contributed by atoms with Crippen LogP contribution in [0.25, 0.3) is 11.3 Å². The lowest BCUT2D eigenvalue weighted by Gasteiger charge is -2.12. The Labute approximate surface area is 179 Å². The van der Waals surface area contributed by atoms with Gasteiger partial charge in [-0.2, -0.15) is 13.2 Å². The van der Waals surface area contributed by atoms with Gasteiger partial charge < -0.3 is 4.74 Å². The van der Waals surface area contributed by atoms with Crippen LogP contribution in [-0.2, 0) is 16.2 Å². The first-order valence-corrected chi connectivity index (χ1v) is 10.5. The van der Waals surface area contributed by atoms with E-state index in [0.29, 0.717) is 23.4 Å². The highest BCUT2D eigenvalue weighted by molar-refractivity contribution is 7.89. The third-order valence-electron chi connectivity index (χ3n) is 3.97. The SMILES string of the molecule is O=S(=O)(NCCOc1ccc(-c2ccc(F)cc2)nn1)c1cc(C(F)(F)F)ccc1Cl. The Hall–Kier alpha value is -2.76. The summed E-state index contributed by atoms with van der Waals surface area (Å²) in [4.78, 5) is -0.688. The van der Waals surface area contributed by atoms with E-state index in [1.54, 1.807) is 6.07 Å². The number of benzene rings is 2. The summed E-state index contributed by atoms with van der Waals surface area (Å²) in [5, 5.41) is 7.43. The Morgan fingerprint density at radius 2 is 1.71 bits per heavy atom. The molecule has 0 atom stereocenters. The van der Waals surface area contributed by atoms with Gasteiger partial charge in [-0.15, -0.1) is 10.2 Å². The summed E-state index contributed by atoms with van der Waals surface area (Å²) in [6, 6.07) is 10.7. The van der Waals surface area contributed by atoms with Crippen molar-refractivity contribution in [2.24, 2.45) is 0 Å². The van der Waals surface area contributed by atoms with E-state index in [4.69, 9.17) is 16.3 Å². The normalized spacial score (nSPS) is 12.0. The summed E-state index contributed by atoms with van der Waals surface area (Å²) < 4.78 is 83.4. The first kappa shape index (κ1) is 22.9. The highest BCUT2D eigenvalue weighted by Gasteiger charge is 2.32. The first-order chi connectivity index (χ1) is 14.6. The van der Waals surface area contributed by atoms with E-state index in [2.05, 4.69) is 14.9 Å². The summed E-state index contributed by atoms with van der Waals surface area (Å²) in [6.45, 7) is -0.420. The molecule has 0 radical (unpaired) electrons. The fourth-order valence-electron chi connectivity index (χ4n) is 2.47. The van der Waals surface area contributed by atoms with E-state index in [1.807, 2.05) is 0 Å². The van der Waals surface area contributed by atoms with Crippen molar-refractivity contribution in [2.75, 3.05) is 13.2 Å². The number of halogens is 5. The predicted molar refractivity (Wildman–Crippen MR) is 105 cm³/mol. The molecule has 0 amide bonds. The molecule has 164 valence electrons. The molecule has 0 aliphatic carbocycles. The molecule has 3 rings (SSSR count). The van der Waals surface area contributed by atoms with Crippen LogP contribution in [0.4, 0.5) is 17.6 Å². The van der Waals surface area contributed by atoms with Crippen molar-refractivity contribution >= 4 is 21.6 Å². The van der Waals surface area contributed by atoms with Crippen molar-refractivity contribution in [3.8, 4) is 17.1 Å². The Morgan fingerprint density at radius 3 is 2.32 bits per heavy atom. The maximum Gasteiger partial charge on any atom is 0.416 e. The molecule has 0 spiro atoms. The zero-order chi connectivity index (χ0) is 22.6. The lowest BCUT2D eigenvalue weighted by molar-refractivity contribution is -0.137. The van der Waals surface area contributed by atoms with Crippen LogP contribution in [0.5, 0.6) is 5.88 Å². The van der Waals surface area contributed by atoms with Gasteiger partial charge in [-0.25, -0.2) is 17.5 Å². The quantitative estimate of drug-likeness (QED) is 0.407. The first-order valence-electron chi connectivity index (χ1n) is 8.65. The summed E-state index contributed by atoms with van der Waals surface area (Å²) >= 11 is 5.76. The highest BCUT2D eigenvalue weighted by Crippen LogP contribution is 2.33. The van der Waals surface area contributed by atoms with Crippen molar-refractivity contribution in [3.63, 3.8) is 0 Å². The van der Waals surface area contributed by atoms with Gasteiger partial charge in [0, 0.05) is 18.2 Å². The number of alkyl halides is 3. The standard InChI is InChI=1S/C19H14ClF4N3O3S/c20-15-6-3-13(19(22,23)24)11-17(15)31(28,29)25-9-10-30-18-8-7-16(26-27-18)12-1-4-14(21)5-2-12/h1-8,11,25H,9-10H2. The molecule has 0 saturated heterocycles. The van der Waals surface area contributed by atoms with E-state index < -0.39 is 26.7 Å². The maximum absolute atomic E-state index is 13.0. The number of sulfonamides is 1. The molecule has 2 aromatic carbocycles. The zero-order valence-electron chi connectivity index (χ0n) is 15.5. The Morgan fingerprint density at radius 1 is 1.00 bits per heavy atom. The highest BCUT2D eigenvalue weighted by atomic mass is 35.5. The minimum Gasteiger partial charge on any atom is -0.475 e. The molecule has 12 heteroatoms.